The van der Waals surface area contributed by atoms with Gasteiger partial charge in [-0.25, -0.2) is 9.07 Å². The number of ketones is 1. The molecule has 32 heavy (non-hydrogen) atoms. The zero-order valence-electron chi connectivity index (χ0n) is 18.0. The lowest BCUT2D eigenvalue weighted by Crippen LogP contribution is -2.34. The Labute approximate surface area is 197 Å². The number of piperidine rings is 1. The highest BCUT2D eigenvalue weighted by molar-refractivity contribution is 6.42. The fourth-order valence-corrected chi connectivity index (χ4v) is 4.71. The van der Waals surface area contributed by atoms with Crippen molar-refractivity contribution in [1.29, 1.82) is 0 Å². The summed E-state index contributed by atoms with van der Waals surface area (Å²) in [7, 11) is 0. The van der Waals surface area contributed by atoms with Gasteiger partial charge in [-0.1, -0.05) is 29.3 Å². The molecule has 2 aromatic carbocycles. The van der Waals surface area contributed by atoms with E-state index in [4.69, 9.17) is 28.3 Å². The van der Waals surface area contributed by atoms with Gasteiger partial charge in [-0.3, -0.25) is 4.79 Å². The van der Waals surface area contributed by atoms with Crippen molar-refractivity contribution in [3.05, 3.63) is 69.6 Å². The second-order valence-electron chi connectivity index (χ2n) is 8.25. The maximum absolute atomic E-state index is 13.0. The van der Waals surface area contributed by atoms with E-state index in [0.29, 0.717) is 27.9 Å². The molecule has 0 aliphatic carbocycles. The van der Waals surface area contributed by atoms with Crippen molar-refractivity contribution in [1.82, 2.24) is 14.7 Å². The molecule has 7 heteroatoms. The molecule has 0 spiro atoms. The molecule has 1 aromatic heterocycles. The highest BCUT2D eigenvalue weighted by atomic mass is 35.5. The SMILES string of the molecule is CC=Cn1nc(C2CCN(CCCC(=O)c3ccc(F)cc3)CC2)c2cc(Cl)c(Cl)cc21. The van der Waals surface area contributed by atoms with Crippen molar-refractivity contribution in [3.8, 4) is 0 Å². The molecule has 0 N–H and O–H groups in total. The minimum atomic E-state index is -0.321. The number of benzene rings is 2. The predicted octanol–water partition coefficient (Wildman–Crippen LogP) is 6.82. The van der Waals surface area contributed by atoms with Gasteiger partial charge in [0.05, 0.1) is 21.3 Å². The molecule has 4 nitrogen and oxygen atoms in total. The number of likely N-dealkylation sites (tertiary alicyclic amines) is 1. The van der Waals surface area contributed by atoms with E-state index in [-0.39, 0.29) is 11.6 Å². The summed E-state index contributed by atoms with van der Waals surface area (Å²) < 4.78 is 14.9. The molecule has 0 radical (unpaired) electrons. The number of carbonyl (C=O) groups is 1. The lowest BCUT2D eigenvalue weighted by Gasteiger charge is -2.31. The number of fused-ring (bicyclic) bond motifs is 1. The zero-order chi connectivity index (χ0) is 22.7. The van der Waals surface area contributed by atoms with Gasteiger partial charge in [0.1, 0.15) is 5.82 Å². The molecule has 0 amide bonds. The summed E-state index contributed by atoms with van der Waals surface area (Å²) in [5, 5.41) is 6.99. The fraction of sp³-hybridized carbons (Fsp3) is 0.360. The summed E-state index contributed by atoms with van der Waals surface area (Å²) in [5.41, 5.74) is 2.62. The van der Waals surface area contributed by atoms with Gasteiger partial charge >= 0.3 is 0 Å². The summed E-state index contributed by atoms with van der Waals surface area (Å²) in [5.74, 6) is 0.105. The van der Waals surface area contributed by atoms with Crippen molar-refractivity contribution in [2.75, 3.05) is 19.6 Å². The van der Waals surface area contributed by atoms with Gasteiger partial charge in [0.25, 0.3) is 0 Å². The van der Waals surface area contributed by atoms with Crippen LogP contribution in [0.5, 0.6) is 0 Å². The van der Waals surface area contributed by atoms with E-state index in [1.807, 2.05) is 36.0 Å². The number of allylic oxidation sites excluding steroid dienone is 1. The van der Waals surface area contributed by atoms with Crippen molar-refractivity contribution in [2.24, 2.45) is 0 Å². The maximum atomic E-state index is 13.0. The molecule has 1 saturated heterocycles. The molecule has 1 aliphatic heterocycles. The van der Waals surface area contributed by atoms with Crippen molar-refractivity contribution >= 4 is 46.1 Å². The number of hydrogen-bond acceptors (Lipinski definition) is 3. The van der Waals surface area contributed by atoms with E-state index in [1.54, 1.807) is 12.1 Å². The van der Waals surface area contributed by atoms with Gasteiger partial charge in [0.15, 0.2) is 5.78 Å². The number of halogens is 3. The third-order valence-electron chi connectivity index (χ3n) is 6.09. The summed E-state index contributed by atoms with van der Waals surface area (Å²) in [6.07, 6.45) is 7.18. The third kappa shape index (κ3) is 5.06. The van der Waals surface area contributed by atoms with Crippen LogP contribution >= 0.6 is 23.2 Å². The van der Waals surface area contributed by atoms with E-state index in [2.05, 4.69) is 4.90 Å². The van der Waals surface area contributed by atoms with Crippen LogP contribution in [0, 0.1) is 5.82 Å². The third-order valence-corrected chi connectivity index (χ3v) is 6.81. The molecule has 2 heterocycles. The minimum absolute atomic E-state index is 0.0661. The van der Waals surface area contributed by atoms with E-state index in [9.17, 15) is 9.18 Å². The Bertz CT molecular complexity index is 1130. The van der Waals surface area contributed by atoms with Crippen molar-refractivity contribution in [2.45, 2.75) is 38.5 Å². The van der Waals surface area contributed by atoms with Gasteiger partial charge in [0.2, 0.25) is 0 Å². The summed E-state index contributed by atoms with van der Waals surface area (Å²) in [6, 6.07) is 9.58. The first-order chi connectivity index (χ1) is 15.5. The van der Waals surface area contributed by atoms with Crippen LogP contribution in [0.15, 0.2) is 42.5 Å². The number of hydrogen-bond donors (Lipinski definition) is 0. The topological polar surface area (TPSA) is 38.1 Å². The summed E-state index contributed by atoms with van der Waals surface area (Å²) >= 11 is 12.5. The highest BCUT2D eigenvalue weighted by Crippen LogP contribution is 2.36. The molecule has 3 aromatic rings. The average Bonchev–Trinajstić information content (AvgIpc) is 3.12. The average molecular weight is 474 g/mol. The summed E-state index contributed by atoms with van der Waals surface area (Å²) in [4.78, 5) is 14.7. The van der Waals surface area contributed by atoms with E-state index >= 15 is 0 Å². The zero-order valence-corrected chi connectivity index (χ0v) is 19.5. The smallest absolute Gasteiger partial charge is 0.162 e. The van der Waals surface area contributed by atoms with Crippen LogP contribution in [-0.2, 0) is 0 Å². The van der Waals surface area contributed by atoms with E-state index in [1.165, 1.54) is 12.1 Å². The Morgan fingerprint density at radius 2 is 1.84 bits per heavy atom. The van der Waals surface area contributed by atoms with E-state index < -0.39 is 0 Å². The van der Waals surface area contributed by atoms with Crippen LogP contribution in [0.25, 0.3) is 17.1 Å². The van der Waals surface area contributed by atoms with E-state index in [0.717, 1.165) is 55.5 Å². The Balaban J connectivity index is 1.35. The predicted molar refractivity (Wildman–Crippen MR) is 129 cm³/mol. The normalized spacial score (nSPS) is 15.8. The first-order valence-electron chi connectivity index (χ1n) is 11.0. The number of carbonyl (C=O) groups excluding carboxylic acids is 1. The van der Waals surface area contributed by atoms with Crippen molar-refractivity contribution in [3.63, 3.8) is 0 Å². The van der Waals surface area contributed by atoms with Crippen LogP contribution < -0.4 is 0 Å². The Hall–Kier alpha value is -2.21. The number of Topliss-reactive ketones (excluding diaryl/α,β-unsaturated/α-hetero) is 1. The van der Waals surface area contributed by atoms with Crippen LogP contribution in [0.1, 0.15) is 54.6 Å². The Kier molecular flexibility index (Phi) is 7.29. The molecule has 0 bridgehead atoms. The molecule has 1 aliphatic rings. The minimum Gasteiger partial charge on any atom is -0.303 e. The van der Waals surface area contributed by atoms with Crippen LogP contribution in [0.2, 0.25) is 10.0 Å². The molecule has 0 atom stereocenters. The second-order valence-corrected chi connectivity index (χ2v) is 9.06. The molecule has 1 fully saturated rings. The molecule has 4 rings (SSSR count). The first kappa shape index (κ1) is 23.0. The molecule has 0 unspecified atom stereocenters. The number of rotatable bonds is 7. The van der Waals surface area contributed by atoms with Gasteiger partial charge in [-0.15, -0.1) is 0 Å². The fourth-order valence-electron chi connectivity index (χ4n) is 4.38. The second kappa shape index (κ2) is 10.2. The largest absolute Gasteiger partial charge is 0.303 e. The van der Waals surface area contributed by atoms with Gasteiger partial charge in [-0.05, 0) is 82.2 Å². The Morgan fingerprint density at radius 1 is 1.16 bits per heavy atom. The van der Waals surface area contributed by atoms with Crippen LogP contribution in [0.4, 0.5) is 4.39 Å². The molecule has 168 valence electrons. The monoisotopic (exact) mass is 473 g/mol. The highest BCUT2D eigenvalue weighted by Gasteiger charge is 2.25. The molecular formula is C25H26Cl2FN3O. The lowest BCUT2D eigenvalue weighted by molar-refractivity contribution is 0.0972. The molecular weight excluding hydrogens is 448 g/mol. The van der Waals surface area contributed by atoms with Crippen molar-refractivity contribution < 1.29 is 9.18 Å². The first-order valence-corrected chi connectivity index (χ1v) is 11.7. The number of nitrogens with zero attached hydrogens (tertiary/aromatic N) is 3. The maximum Gasteiger partial charge on any atom is 0.162 e. The van der Waals surface area contributed by atoms with Gasteiger partial charge < -0.3 is 4.90 Å². The molecule has 0 saturated carbocycles. The summed E-state index contributed by atoms with van der Waals surface area (Å²) in [6.45, 7) is 4.78. The van der Waals surface area contributed by atoms with Gasteiger partial charge in [0, 0.05) is 29.5 Å². The number of aromatic nitrogens is 2. The quantitative estimate of drug-likeness (QED) is 0.353. The van der Waals surface area contributed by atoms with Crippen LogP contribution in [-0.4, -0.2) is 40.1 Å². The van der Waals surface area contributed by atoms with Crippen LogP contribution in [0.3, 0.4) is 0 Å². The lowest BCUT2D eigenvalue weighted by atomic mass is 9.91. The standard InChI is InChI=1S/C25H26Cl2FN3O/c1-2-11-31-23-16-22(27)21(26)15-20(23)25(29-31)18-9-13-30(14-10-18)12-3-4-24(32)17-5-7-19(28)8-6-17/h2,5-8,11,15-16,18H,3-4,9-10,12-14H2,1H3. The Morgan fingerprint density at radius 3 is 2.53 bits per heavy atom. The van der Waals surface area contributed by atoms with Gasteiger partial charge in [-0.2, -0.15) is 5.10 Å².